The van der Waals surface area contributed by atoms with Crippen LogP contribution in [0.4, 0.5) is 5.82 Å². The first-order valence-electron chi connectivity index (χ1n) is 10.8. The monoisotopic (exact) mass is 429 g/mol. The first kappa shape index (κ1) is 21.2. The van der Waals surface area contributed by atoms with Gasteiger partial charge < -0.3 is 5.32 Å². The normalized spacial score (nSPS) is 19.2. The molecule has 30 heavy (non-hydrogen) atoms. The highest BCUT2D eigenvalue weighted by Crippen LogP contribution is 2.20. The Bertz CT molecular complexity index is 891. The lowest BCUT2D eigenvalue weighted by atomic mass is 10.2. The van der Waals surface area contributed by atoms with Gasteiger partial charge in [-0.3, -0.25) is 9.80 Å². The Morgan fingerprint density at radius 3 is 2.23 bits per heavy atom. The molecule has 2 fully saturated rings. The van der Waals surface area contributed by atoms with Crippen LogP contribution >= 0.6 is 0 Å². The van der Waals surface area contributed by atoms with E-state index in [1.807, 2.05) is 0 Å². The number of sulfonamides is 1. The molecule has 2 aromatic rings. The van der Waals surface area contributed by atoms with Gasteiger partial charge in [0.25, 0.3) is 0 Å². The quantitative estimate of drug-likeness (QED) is 0.693. The van der Waals surface area contributed by atoms with Gasteiger partial charge in [0.05, 0.1) is 0 Å². The lowest BCUT2D eigenvalue weighted by molar-refractivity contribution is 0.130. The number of rotatable bonds is 8. The summed E-state index contributed by atoms with van der Waals surface area (Å²) < 4.78 is 26.7. The van der Waals surface area contributed by atoms with Crippen LogP contribution in [0.3, 0.4) is 0 Å². The molecule has 0 radical (unpaired) electrons. The second-order valence-electron chi connectivity index (χ2n) is 8.02. The summed E-state index contributed by atoms with van der Waals surface area (Å²) in [6, 6.07) is 14.0. The van der Waals surface area contributed by atoms with Crippen LogP contribution in [0.2, 0.25) is 0 Å². The van der Waals surface area contributed by atoms with Crippen LogP contribution in [0.15, 0.2) is 53.6 Å². The fourth-order valence-electron chi connectivity index (χ4n) is 4.07. The maximum Gasteiger partial charge on any atom is 0.244 e. The van der Waals surface area contributed by atoms with Crippen LogP contribution < -0.4 is 5.32 Å². The largest absolute Gasteiger partial charge is 0.369 e. The summed E-state index contributed by atoms with van der Waals surface area (Å²) in [7, 11) is -3.39. The molecule has 2 saturated heterocycles. The zero-order valence-corrected chi connectivity index (χ0v) is 18.2. The first-order chi connectivity index (χ1) is 14.6. The molecule has 1 aromatic carbocycles. The molecule has 0 atom stereocenters. The summed E-state index contributed by atoms with van der Waals surface area (Å²) in [5, 5.41) is 3.32. The van der Waals surface area contributed by atoms with Crippen LogP contribution in [0.1, 0.15) is 18.4 Å². The molecule has 0 amide bonds. The van der Waals surface area contributed by atoms with Crippen LogP contribution in [0.25, 0.3) is 0 Å². The third-order valence-corrected chi connectivity index (χ3v) is 7.77. The van der Waals surface area contributed by atoms with Crippen molar-refractivity contribution in [3.8, 4) is 0 Å². The van der Waals surface area contributed by atoms with E-state index in [-0.39, 0.29) is 4.90 Å². The molecule has 0 bridgehead atoms. The van der Waals surface area contributed by atoms with E-state index in [1.165, 1.54) is 11.8 Å². The Kier molecular flexibility index (Phi) is 6.99. The van der Waals surface area contributed by atoms with Crippen molar-refractivity contribution >= 4 is 15.8 Å². The van der Waals surface area contributed by atoms with E-state index in [0.717, 1.165) is 64.5 Å². The Morgan fingerprint density at radius 2 is 1.57 bits per heavy atom. The van der Waals surface area contributed by atoms with Crippen LogP contribution in [-0.2, 0) is 16.6 Å². The van der Waals surface area contributed by atoms with Crippen molar-refractivity contribution < 1.29 is 8.42 Å². The zero-order valence-electron chi connectivity index (χ0n) is 17.4. The molecule has 4 rings (SSSR count). The van der Waals surface area contributed by atoms with E-state index >= 15 is 0 Å². The molecule has 7 nitrogen and oxygen atoms in total. The van der Waals surface area contributed by atoms with Crippen LogP contribution in [0.5, 0.6) is 0 Å². The number of nitrogens with zero attached hydrogens (tertiary/aromatic N) is 4. The number of anilines is 1. The molecule has 8 heteroatoms. The number of piperazine rings is 1. The number of hydrogen-bond acceptors (Lipinski definition) is 6. The number of hydrogen-bond donors (Lipinski definition) is 1. The van der Waals surface area contributed by atoms with Crippen molar-refractivity contribution in [2.24, 2.45) is 0 Å². The third kappa shape index (κ3) is 5.37. The number of benzene rings is 1. The molecule has 0 spiro atoms. The molecule has 3 heterocycles. The fraction of sp³-hybridized carbons (Fsp3) is 0.500. The average molecular weight is 430 g/mol. The average Bonchev–Trinajstić information content (AvgIpc) is 3.32. The maximum atomic E-state index is 12.6. The summed E-state index contributed by atoms with van der Waals surface area (Å²) in [5.41, 5.74) is 1.37. The van der Waals surface area contributed by atoms with Gasteiger partial charge in [-0.05, 0) is 30.5 Å². The van der Waals surface area contributed by atoms with Gasteiger partial charge in [-0.15, -0.1) is 0 Å². The predicted octanol–water partition coefficient (Wildman–Crippen LogP) is 2.10. The highest BCUT2D eigenvalue weighted by molar-refractivity contribution is 7.89. The summed E-state index contributed by atoms with van der Waals surface area (Å²) in [6.45, 7) is 8.28. The summed E-state index contributed by atoms with van der Waals surface area (Å²) >= 11 is 0. The van der Waals surface area contributed by atoms with Crippen molar-refractivity contribution in [1.82, 2.24) is 19.1 Å². The molecule has 0 unspecified atom stereocenters. The number of nitrogens with one attached hydrogen (secondary N) is 1. The van der Waals surface area contributed by atoms with Gasteiger partial charge in [-0.25, -0.2) is 13.4 Å². The van der Waals surface area contributed by atoms with Gasteiger partial charge >= 0.3 is 0 Å². The van der Waals surface area contributed by atoms with Crippen LogP contribution in [-0.4, -0.2) is 79.9 Å². The minimum absolute atomic E-state index is 0.282. The molecule has 0 aliphatic carbocycles. The molecule has 2 aliphatic rings. The summed E-state index contributed by atoms with van der Waals surface area (Å²) in [4.78, 5) is 9.56. The second-order valence-corrected chi connectivity index (χ2v) is 9.96. The highest BCUT2D eigenvalue weighted by Gasteiger charge is 2.27. The number of aromatic nitrogens is 1. The van der Waals surface area contributed by atoms with Gasteiger partial charge in [0.1, 0.15) is 10.7 Å². The molecule has 2 aliphatic heterocycles. The fourth-order valence-corrected chi connectivity index (χ4v) is 5.53. The minimum atomic E-state index is -3.39. The lowest BCUT2D eigenvalue weighted by Crippen LogP contribution is -2.47. The van der Waals surface area contributed by atoms with Gasteiger partial charge in [-0.2, -0.15) is 4.31 Å². The van der Waals surface area contributed by atoms with E-state index in [4.69, 9.17) is 0 Å². The molecule has 1 N–H and O–H groups in total. The smallest absolute Gasteiger partial charge is 0.244 e. The molecular formula is C22H31N5O2S. The Hall–Kier alpha value is -2.00. The van der Waals surface area contributed by atoms with Crippen LogP contribution in [0, 0.1) is 0 Å². The molecule has 162 valence electrons. The van der Waals surface area contributed by atoms with Crippen molar-refractivity contribution in [1.29, 1.82) is 0 Å². The first-order valence-corrected chi connectivity index (χ1v) is 12.2. The van der Waals surface area contributed by atoms with Crippen molar-refractivity contribution in [2.45, 2.75) is 24.3 Å². The standard InChI is InChI=1S/C22H31N5O2S/c28-30(29,27-11-4-5-12-27)21-8-9-22(24-18-21)23-10-13-25-14-16-26(17-15-25)19-20-6-2-1-3-7-20/h1-3,6-9,18H,4-5,10-17,19H2,(H,23,24). The molecular weight excluding hydrogens is 398 g/mol. The summed E-state index contributed by atoms with van der Waals surface area (Å²) in [6.07, 6.45) is 3.35. The van der Waals surface area contributed by atoms with E-state index in [9.17, 15) is 8.42 Å². The predicted molar refractivity (Wildman–Crippen MR) is 119 cm³/mol. The molecule has 0 saturated carbocycles. The van der Waals surface area contributed by atoms with Gasteiger partial charge in [0, 0.05) is 65.1 Å². The number of pyridine rings is 1. The topological polar surface area (TPSA) is 68.8 Å². The second kappa shape index (κ2) is 9.87. The minimum Gasteiger partial charge on any atom is -0.369 e. The SMILES string of the molecule is O=S(=O)(c1ccc(NCCN2CCN(Cc3ccccc3)CC2)nc1)N1CCCC1. The lowest BCUT2D eigenvalue weighted by Gasteiger charge is -2.34. The van der Waals surface area contributed by atoms with E-state index in [0.29, 0.717) is 13.1 Å². The maximum absolute atomic E-state index is 12.6. The Balaban J connectivity index is 1.19. The van der Waals surface area contributed by atoms with Gasteiger partial charge in [0.15, 0.2) is 0 Å². The van der Waals surface area contributed by atoms with Crippen molar-refractivity contribution in [3.63, 3.8) is 0 Å². The van der Waals surface area contributed by atoms with Gasteiger partial charge in [0.2, 0.25) is 10.0 Å². The Labute approximate surface area is 179 Å². The zero-order chi connectivity index (χ0) is 20.8. The van der Waals surface area contributed by atoms with E-state index < -0.39 is 10.0 Å². The third-order valence-electron chi connectivity index (χ3n) is 5.89. The van der Waals surface area contributed by atoms with Crippen molar-refractivity contribution in [2.75, 3.05) is 57.7 Å². The Morgan fingerprint density at radius 1 is 0.867 bits per heavy atom. The van der Waals surface area contributed by atoms with Gasteiger partial charge in [-0.1, -0.05) is 30.3 Å². The highest BCUT2D eigenvalue weighted by atomic mass is 32.2. The van der Waals surface area contributed by atoms with E-state index in [2.05, 4.69) is 50.4 Å². The molecule has 1 aromatic heterocycles. The van der Waals surface area contributed by atoms with E-state index in [1.54, 1.807) is 16.4 Å². The van der Waals surface area contributed by atoms with Crippen molar-refractivity contribution in [3.05, 3.63) is 54.2 Å². The summed E-state index contributed by atoms with van der Waals surface area (Å²) in [5.74, 6) is 0.720.